The number of carbonyl (C=O) groups excluding carboxylic acids is 2. The minimum absolute atomic E-state index is 0.0194. The molecule has 6 heteroatoms. The maximum atomic E-state index is 13.0. The SMILES string of the molecule is Cc1cccc(C)c1NC(=O)CN(C)C(=O)c1cc(C)n(Cc2ccco2)c1C. The van der Waals surface area contributed by atoms with Crippen LogP contribution in [0.2, 0.25) is 0 Å². The predicted octanol–water partition coefficient (Wildman–Crippen LogP) is 4.07. The van der Waals surface area contributed by atoms with Crippen LogP contribution < -0.4 is 5.32 Å². The van der Waals surface area contributed by atoms with Gasteiger partial charge in [0.2, 0.25) is 5.91 Å². The van der Waals surface area contributed by atoms with Crippen molar-refractivity contribution < 1.29 is 14.0 Å². The number of para-hydroxylation sites is 1. The quantitative estimate of drug-likeness (QED) is 0.686. The van der Waals surface area contributed by atoms with Crippen molar-refractivity contribution in [3.8, 4) is 0 Å². The summed E-state index contributed by atoms with van der Waals surface area (Å²) in [6.07, 6.45) is 1.64. The highest BCUT2D eigenvalue weighted by Crippen LogP contribution is 2.21. The number of hydrogen-bond acceptors (Lipinski definition) is 3. The Morgan fingerprint density at radius 3 is 2.38 bits per heavy atom. The molecular weight excluding hydrogens is 366 g/mol. The summed E-state index contributed by atoms with van der Waals surface area (Å²) in [5.41, 5.74) is 5.20. The molecule has 0 aliphatic rings. The van der Waals surface area contributed by atoms with E-state index in [1.54, 1.807) is 13.3 Å². The zero-order valence-electron chi connectivity index (χ0n) is 17.6. The molecule has 0 spiro atoms. The second-order valence-corrected chi connectivity index (χ2v) is 7.43. The number of rotatable bonds is 6. The van der Waals surface area contributed by atoms with Gasteiger partial charge >= 0.3 is 0 Å². The molecule has 152 valence electrons. The molecule has 0 radical (unpaired) electrons. The zero-order chi connectivity index (χ0) is 21.1. The smallest absolute Gasteiger partial charge is 0.255 e. The van der Waals surface area contributed by atoms with Crippen LogP contribution in [0.3, 0.4) is 0 Å². The van der Waals surface area contributed by atoms with Gasteiger partial charge in [0.15, 0.2) is 0 Å². The number of amides is 2. The summed E-state index contributed by atoms with van der Waals surface area (Å²) in [4.78, 5) is 26.9. The van der Waals surface area contributed by atoms with E-state index in [4.69, 9.17) is 4.42 Å². The third-order valence-electron chi connectivity index (χ3n) is 5.17. The maximum Gasteiger partial charge on any atom is 0.255 e. The predicted molar refractivity (Wildman–Crippen MR) is 113 cm³/mol. The lowest BCUT2D eigenvalue weighted by Crippen LogP contribution is -2.35. The fourth-order valence-electron chi connectivity index (χ4n) is 3.50. The minimum atomic E-state index is -0.220. The van der Waals surface area contributed by atoms with E-state index in [0.717, 1.165) is 34.0 Å². The number of likely N-dealkylation sites (N-methyl/N-ethyl adjacent to an activating group) is 1. The molecule has 6 nitrogen and oxygen atoms in total. The standard InChI is InChI=1S/C23H27N3O3/c1-15-8-6-9-16(2)22(15)24-21(27)14-25(5)23(28)20-12-17(3)26(18(20)4)13-19-10-7-11-29-19/h6-12H,13-14H2,1-5H3,(H,24,27). The Morgan fingerprint density at radius 2 is 1.76 bits per heavy atom. The fourth-order valence-corrected chi connectivity index (χ4v) is 3.50. The average molecular weight is 393 g/mol. The first-order valence-electron chi connectivity index (χ1n) is 9.58. The molecule has 1 N–H and O–H groups in total. The van der Waals surface area contributed by atoms with Gasteiger partial charge in [-0.15, -0.1) is 0 Å². The summed E-state index contributed by atoms with van der Waals surface area (Å²) in [6, 6.07) is 11.5. The Labute approximate surface area is 171 Å². The van der Waals surface area contributed by atoms with Gasteiger partial charge in [0.05, 0.1) is 24.9 Å². The van der Waals surface area contributed by atoms with Crippen molar-refractivity contribution in [1.29, 1.82) is 0 Å². The second kappa shape index (κ2) is 8.39. The first-order valence-corrected chi connectivity index (χ1v) is 9.58. The van der Waals surface area contributed by atoms with E-state index in [-0.39, 0.29) is 18.4 Å². The van der Waals surface area contributed by atoms with E-state index in [1.807, 2.05) is 68.7 Å². The Morgan fingerprint density at radius 1 is 1.07 bits per heavy atom. The lowest BCUT2D eigenvalue weighted by molar-refractivity contribution is -0.116. The highest BCUT2D eigenvalue weighted by molar-refractivity contribution is 6.00. The molecule has 2 amide bonds. The highest BCUT2D eigenvalue weighted by atomic mass is 16.3. The Bertz CT molecular complexity index is 1010. The zero-order valence-corrected chi connectivity index (χ0v) is 17.6. The first kappa shape index (κ1) is 20.5. The molecule has 2 heterocycles. The molecular formula is C23H27N3O3. The lowest BCUT2D eigenvalue weighted by Gasteiger charge is -2.18. The van der Waals surface area contributed by atoms with E-state index in [9.17, 15) is 9.59 Å². The van der Waals surface area contributed by atoms with Crippen LogP contribution >= 0.6 is 0 Å². The van der Waals surface area contributed by atoms with Crippen LogP contribution in [0.5, 0.6) is 0 Å². The molecule has 2 aromatic heterocycles. The number of aromatic nitrogens is 1. The molecule has 1 aromatic carbocycles. The number of aryl methyl sites for hydroxylation is 3. The van der Waals surface area contributed by atoms with Crippen molar-refractivity contribution in [1.82, 2.24) is 9.47 Å². The van der Waals surface area contributed by atoms with Crippen LogP contribution in [0.4, 0.5) is 5.69 Å². The molecule has 0 unspecified atom stereocenters. The summed E-state index contributed by atoms with van der Waals surface area (Å²) in [5, 5.41) is 2.93. The van der Waals surface area contributed by atoms with Crippen LogP contribution in [-0.2, 0) is 11.3 Å². The van der Waals surface area contributed by atoms with Crippen molar-refractivity contribution in [2.45, 2.75) is 34.2 Å². The van der Waals surface area contributed by atoms with Crippen LogP contribution in [0.1, 0.15) is 38.6 Å². The molecule has 0 fully saturated rings. The van der Waals surface area contributed by atoms with Gasteiger partial charge in [-0.25, -0.2) is 0 Å². The molecule has 0 aliphatic carbocycles. The second-order valence-electron chi connectivity index (χ2n) is 7.43. The normalized spacial score (nSPS) is 10.8. The number of carbonyl (C=O) groups is 2. The molecule has 3 aromatic rings. The van der Waals surface area contributed by atoms with Gasteiger partial charge in [0.25, 0.3) is 5.91 Å². The molecule has 0 aliphatic heterocycles. The maximum absolute atomic E-state index is 13.0. The van der Waals surface area contributed by atoms with E-state index in [2.05, 4.69) is 5.32 Å². The van der Waals surface area contributed by atoms with Gasteiger partial charge in [-0.1, -0.05) is 18.2 Å². The molecule has 29 heavy (non-hydrogen) atoms. The first-order chi connectivity index (χ1) is 13.8. The molecule has 0 bridgehead atoms. The number of benzene rings is 1. The number of hydrogen-bond donors (Lipinski definition) is 1. The number of anilines is 1. The number of nitrogens with one attached hydrogen (secondary N) is 1. The van der Waals surface area contributed by atoms with Crippen molar-refractivity contribution in [2.24, 2.45) is 0 Å². The summed E-state index contributed by atoms with van der Waals surface area (Å²) < 4.78 is 7.46. The number of nitrogens with zero attached hydrogens (tertiary/aromatic N) is 2. The summed E-state index contributed by atoms with van der Waals surface area (Å²) in [5.74, 6) is 0.426. The summed E-state index contributed by atoms with van der Waals surface area (Å²) >= 11 is 0. The summed E-state index contributed by atoms with van der Waals surface area (Å²) in [6.45, 7) is 8.31. The Kier molecular flexibility index (Phi) is 5.92. The third-order valence-corrected chi connectivity index (χ3v) is 5.17. The third kappa shape index (κ3) is 4.42. The molecule has 0 saturated carbocycles. The summed E-state index contributed by atoms with van der Waals surface area (Å²) in [7, 11) is 1.64. The number of furan rings is 1. The Balaban J connectivity index is 1.71. The topological polar surface area (TPSA) is 67.5 Å². The highest BCUT2D eigenvalue weighted by Gasteiger charge is 2.21. The van der Waals surface area contributed by atoms with Crippen molar-refractivity contribution in [3.63, 3.8) is 0 Å². The van der Waals surface area contributed by atoms with Crippen molar-refractivity contribution >= 4 is 17.5 Å². The Hall–Kier alpha value is -3.28. The van der Waals surface area contributed by atoms with Gasteiger partial charge in [0.1, 0.15) is 5.76 Å². The van der Waals surface area contributed by atoms with Gasteiger partial charge in [-0.05, 0) is 57.0 Å². The van der Waals surface area contributed by atoms with Gasteiger partial charge in [0, 0.05) is 24.1 Å². The van der Waals surface area contributed by atoms with Gasteiger partial charge in [-0.2, -0.15) is 0 Å². The van der Waals surface area contributed by atoms with E-state index < -0.39 is 0 Å². The van der Waals surface area contributed by atoms with Crippen molar-refractivity contribution in [3.05, 3.63) is 76.5 Å². The van der Waals surface area contributed by atoms with Gasteiger partial charge < -0.3 is 19.2 Å². The van der Waals surface area contributed by atoms with Crippen LogP contribution in [-0.4, -0.2) is 34.9 Å². The van der Waals surface area contributed by atoms with Crippen LogP contribution in [0, 0.1) is 27.7 Å². The van der Waals surface area contributed by atoms with Gasteiger partial charge in [-0.3, -0.25) is 9.59 Å². The van der Waals surface area contributed by atoms with E-state index in [1.165, 1.54) is 4.90 Å². The minimum Gasteiger partial charge on any atom is -0.467 e. The lowest BCUT2D eigenvalue weighted by atomic mass is 10.1. The van der Waals surface area contributed by atoms with E-state index >= 15 is 0 Å². The molecule has 0 atom stereocenters. The van der Waals surface area contributed by atoms with E-state index in [0.29, 0.717) is 12.1 Å². The van der Waals surface area contributed by atoms with Crippen molar-refractivity contribution in [2.75, 3.05) is 18.9 Å². The monoisotopic (exact) mass is 393 g/mol. The molecule has 0 saturated heterocycles. The van der Waals surface area contributed by atoms with Crippen LogP contribution in [0.25, 0.3) is 0 Å². The largest absolute Gasteiger partial charge is 0.467 e. The molecule has 3 rings (SSSR count). The average Bonchev–Trinajstić information content (AvgIpc) is 3.28. The fraction of sp³-hybridized carbons (Fsp3) is 0.304. The van der Waals surface area contributed by atoms with Crippen LogP contribution in [0.15, 0.2) is 47.1 Å².